The number of carbonyl (C=O) groups is 1. The van der Waals surface area contributed by atoms with Crippen molar-refractivity contribution in [3.05, 3.63) is 65.2 Å². The molecule has 1 aromatic heterocycles. The Morgan fingerprint density at radius 1 is 1.27 bits per heavy atom. The van der Waals surface area contributed by atoms with Gasteiger partial charge in [0.2, 0.25) is 0 Å². The van der Waals surface area contributed by atoms with E-state index in [1.165, 1.54) is 12.1 Å². The van der Waals surface area contributed by atoms with Crippen LogP contribution in [0.5, 0.6) is 0 Å². The van der Waals surface area contributed by atoms with E-state index in [0.29, 0.717) is 23.2 Å². The molecule has 140 valence electrons. The number of aliphatic hydroxyl groups excluding tert-OH is 1. The van der Waals surface area contributed by atoms with Crippen LogP contribution in [0.3, 0.4) is 0 Å². The summed E-state index contributed by atoms with van der Waals surface area (Å²) in [7, 11) is 0. The third-order valence-electron chi connectivity index (χ3n) is 3.88. The Morgan fingerprint density at radius 3 is 2.65 bits per heavy atom. The van der Waals surface area contributed by atoms with Crippen LogP contribution in [0.1, 0.15) is 42.4 Å². The number of hydrogen-bond acceptors (Lipinski definition) is 4. The Morgan fingerprint density at radius 2 is 2.00 bits per heavy atom. The minimum Gasteiger partial charge on any atom is -0.391 e. The topological polar surface area (TPSA) is 88.2 Å². The standard InChI is InChI=1S/C20H26FN3O2/c1-20(2,3)24-19(26)15-8-5-9-23-17(15)12-18(25)16(22)11-13-6-4-7-14(21)10-13/h4-10,16,18,25H,11-12,22H2,1-3H3,(H,24,26)/t16-,18+/m1/s1. The van der Waals surface area contributed by atoms with Gasteiger partial charge in [0.25, 0.3) is 5.91 Å². The van der Waals surface area contributed by atoms with Gasteiger partial charge < -0.3 is 16.2 Å². The number of amides is 1. The Labute approximate surface area is 153 Å². The van der Waals surface area contributed by atoms with Crippen molar-refractivity contribution in [2.24, 2.45) is 5.73 Å². The van der Waals surface area contributed by atoms with Crippen LogP contribution in [0, 0.1) is 5.82 Å². The van der Waals surface area contributed by atoms with Crippen molar-refractivity contribution < 1.29 is 14.3 Å². The number of halogens is 1. The van der Waals surface area contributed by atoms with Crippen LogP contribution in [-0.4, -0.2) is 33.7 Å². The molecule has 0 aliphatic heterocycles. The van der Waals surface area contributed by atoms with Crippen molar-refractivity contribution in [2.75, 3.05) is 0 Å². The van der Waals surface area contributed by atoms with E-state index in [-0.39, 0.29) is 23.7 Å². The summed E-state index contributed by atoms with van der Waals surface area (Å²) in [6, 6.07) is 8.89. The van der Waals surface area contributed by atoms with E-state index in [0.717, 1.165) is 0 Å². The van der Waals surface area contributed by atoms with Crippen LogP contribution in [0.15, 0.2) is 42.6 Å². The largest absolute Gasteiger partial charge is 0.391 e. The number of benzene rings is 1. The van der Waals surface area contributed by atoms with Crippen molar-refractivity contribution in [2.45, 2.75) is 51.3 Å². The Bertz CT molecular complexity index is 759. The maximum absolute atomic E-state index is 13.3. The molecule has 1 amide bonds. The molecule has 0 saturated carbocycles. The summed E-state index contributed by atoms with van der Waals surface area (Å²) in [5, 5.41) is 13.3. The minimum absolute atomic E-state index is 0.143. The van der Waals surface area contributed by atoms with Crippen LogP contribution < -0.4 is 11.1 Å². The van der Waals surface area contributed by atoms with Crippen molar-refractivity contribution in [1.29, 1.82) is 0 Å². The molecule has 0 fully saturated rings. The molecular weight excluding hydrogens is 333 g/mol. The number of nitrogens with one attached hydrogen (secondary N) is 1. The summed E-state index contributed by atoms with van der Waals surface area (Å²) in [4.78, 5) is 16.7. The van der Waals surface area contributed by atoms with Gasteiger partial charge in [0.05, 0.1) is 17.4 Å². The Hall–Kier alpha value is -2.31. The normalized spacial score (nSPS) is 13.9. The zero-order valence-corrected chi connectivity index (χ0v) is 15.4. The van der Waals surface area contributed by atoms with Gasteiger partial charge in [-0.3, -0.25) is 9.78 Å². The zero-order valence-electron chi connectivity index (χ0n) is 15.4. The monoisotopic (exact) mass is 359 g/mol. The highest BCUT2D eigenvalue weighted by Crippen LogP contribution is 2.14. The maximum Gasteiger partial charge on any atom is 0.253 e. The van der Waals surface area contributed by atoms with Crippen LogP contribution in [0.25, 0.3) is 0 Å². The second-order valence-electron chi connectivity index (χ2n) is 7.47. The predicted octanol–water partition coefficient (Wildman–Crippen LogP) is 2.22. The van der Waals surface area contributed by atoms with Crippen molar-refractivity contribution in [3.63, 3.8) is 0 Å². The van der Waals surface area contributed by atoms with E-state index in [2.05, 4.69) is 10.3 Å². The molecule has 0 aliphatic carbocycles. The fourth-order valence-corrected chi connectivity index (χ4v) is 2.64. The molecule has 1 heterocycles. The summed E-state index contributed by atoms with van der Waals surface area (Å²) >= 11 is 0. The fraction of sp³-hybridized carbons (Fsp3) is 0.400. The molecule has 2 aromatic rings. The molecule has 0 unspecified atom stereocenters. The molecule has 5 nitrogen and oxygen atoms in total. The highest BCUT2D eigenvalue weighted by molar-refractivity contribution is 5.95. The van der Waals surface area contributed by atoms with Gasteiger partial charge in [-0.15, -0.1) is 0 Å². The molecule has 0 aliphatic rings. The molecular formula is C20H26FN3O2. The van der Waals surface area contributed by atoms with E-state index in [9.17, 15) is 14.3 Å². The summed E-state index contributed by atoms with van der Waals surface area (Å²) in [5.41, 5.74) is 7.31. The summed E-state index contributed by atoms with van der Waals surface area (Å²) in [6.45, 7) is 5.68. The number of aromatic nitrogens is 1. The lowest BCUT2D eigenvalue weighted by molar-refractivity contribution is 0.0916. The summed E-state index contributed by atoms with van der Waals surface area (Å²) in [5.74, 6) is -0.582. The first-order chi connectivity index (χ1) is 12.2. The van der Waals surface area contributed by atoms with Gasteiger partial charge in [-0.1, -0.05) is 12.1 Å². The summed E-state index contributed by atoms with van der Waals surface area (Å²) in [6.07, 6.45) is 1.14. The fourth-order valence-electron chi connectivity index (χ4n) is 2.64. The van der Waals surface area contributed by atoms with Gasteiger partial charge in [-0.05, 0) is 57.0 Å². The molecule has 1 aromatic carbocycles. The van der Waals surface area contributed by atoms with Gasteiger partial charge in [0.15, 0.2) is 0 Å². The van der Waals surface area contributed by atoms with Crippen LogP contribution >= 0.6 is 0 Å². The zero-order chi connectivity index (χ0) is 19.3. The van der Waals surface area contributed by atoms with E-state index < -0.39 is 12.1 Å². The average molecular weight is 359 g/mol. The van der Waals surface area contributed by atoms with Crippen molar-refractivity contribution in [3.8, 4) is 0 Å². The molecule has 4 N–H and O–H groups in total. The highest BCUT2D eigenvalue weighted by Gasteiger charge is 2.22. The molecule has 0 radical (unpaired) electrons. The van der Waals surface area contributed by atoms with Crippen molar-refractivity contribution in [1.82, 2.24) is 10.3 Å². The third kappa shape index (κ3) is 5.89. The van der Waals surface area contributed by atoms with E-state index in [4.69, 9.17) is 5.73 Å². The lowest BCUT2D eigenvalue weighted by Gasteiger charge is -2.23. The van der Waals surface area contributed by atoms with Gasteiger partial charge >= 0.3 is 0 Å². The number of pyridine rings is 1. The van der Waals surface area contributed by atoms with Gasteiger partial charge in [-0.2, -0.15) is 0 Å². The van der Waals surface area contributed by atoms with Gasteiger partial charge in [-0.25, -0.2) is 4.39 Å². The number of nitrogens with zero attached hydrogens (tertiary/aromatic N) is 1. The van der Waals surface area contributed by atoms with Gasteiger partial charge in [0.1, 0.15) is 5.82 Å². The molecule has 6 heteroatoms. The first-order valence-electron chi connectivity index (χ1n) is 8.60. The number of rotatable bonds is 6. The SMILES string of the molecule is CC(C)(C)NC(=O)c1cccnc1C[C@H](O)[C@H](N)Cc1cccc(F)c1. The van der Waals surface area contributed by atoms with Crippen LogP contribution in [-0.2, 0) is 12.8 Å². The molecule has 0 spiro atoms. The number of hydrogen-bond donors (Lipinski definition) is 3. The number of nitrogens with two attached hydrogens (primary N) is 1. The van der Waals surface area contributed by atoms with Crippen molar-refractivity contribution >= 4 is 5.91 Å². The van der Waals surface area contributed by atoms with Gasteiger partial charge in [0, 0.05) is 24.2 Å². The van der Waals surface area contributed by atoms with Crippen LogP contribution in [0.4, 0.5) is 4.39 Å². The number of aliphatic hydroxyl groups is 1. The maximum atomic E-state index is 13.3. The first-order valence-corrected chi connectivity index (χ1v) is 8.60. The van der Waals surface area contributed by atoms with E-state index in [1.54, 1.807) is 30.5 Å². The second-order valence-corrected chi connectivity index (χ2v) is 7.47. The molecule has 26 heavy (non-hydrogen) atoms. The lowest BCUT2D eigenvalue weighted by Crippen LogP contribution is -2.42. The van der Waals surface area contributed by atoms with Crippen LogP contribution in [0.2, 0.25) is 0 Å². The Kier molecular flexibility index (Phi) is 6.45. The smallest absolute Gasteiger partial charge is 0.253 e. The highest BCUT2D eigenvalue weighted by atomic mass is 19.1. The minimum atomic E-state index is -0.908. The third-order valence-corrected chi connectivity index (χ3v) is 3.88. The molecule has 0 saturated heterocycles. The quantitative estimate of drug-likeness (QED) is 0.738. The molecule has 2 atom stereocenters. The van der Waals surface area contributed by atoms with E-state index in [1.807, 2.05) is 20.8 Å². The first kappa shape index (κ1) is 20.0. The predicted molar refractivity (Wildman–Crippen MR) is 99.2 cm³/mol. The average Bonchev–Trinajstić information content (AvgIpc) is 2.53. The molecule has 0 bridgehead atoms. The van der Waals surface area contributed by atoms with E-state index >= 15 is 0 Å². The number of carbonyl (C=O) groups excluding carboxylic acids is 1. The Balaban J connectivity index is 2.08. The summed E-state index contributed by atoms with van der Waals surface area (Å²) < 4.78 is 13.3. The lowest BCUT2D eigenvalue weighted by atomic mass is 9.97. The second kappa shape index (κ2) is 8.38. The molecule has 2 rings (SSSR count).